The molecule has 0 aromatic carbocycles. The van der Waals surface area contributed by atoms with Crippen molar-refractivity contribution in [1.82, 2.24) is 0 Å². The van der Waals surface area contributed by atoms with Crippen molar-refractivity contribution in [3.05, 3.63) is 0 Å². The molecule has 13 heavy (non-hydrogen) atoms. The highest BCUT2D eigenvalue weighted by Crippen LogP contribution is 2.52. The Kier molecular flexibility index (Phi) is 2.28. The average molecular weight is 183 g/mol. The minimum absolute atomic E-state index is 0.579. The molecule has 3 nitrogen and oxygen atoms in total. The summed E-state index contributed by atoms with van der Waals surface area (Å²) >= 11 is 0. The molecule has 0 radical (unpaired) electrons. The lowest BCUT2D eigenvalue weighted by Crippen LogP contribution is -2.33. The highest BCUT2D eigenvalue weighted by Gasteiger charge is 2.42. The number of carboxylic acids is 1. The molecule has 2 aliphatic carbocycles. The molecule has 2 saturated carbocycles. The molecule has 0 bridgehead atoms. The Bertz CT molecular complexity index is 217. The number of nitrogens with two attached hydrogens (primary N) is 1. The predicted octanol–water partition coefficient (Wildman–Crippen LogP) is 1.22. The van der Waals surface area contributed by atoms with Gasteiger partial charge in [-0.1, -0.05) is 6.42 Å². The van der Waals surface area contributed by atoms with Gasteiger partial charge in [-0.05, 0) is 43.4 Å². The second-order valence-corrected chi connectivity index (χ2v) is 4.62. The Labute approximate surface area is 78.3 Å². The number of carbonyl (C=O) groups is 1. The van der Waals surface area contributed by atoms with Gasteiger partial charge >= 0.3 is 5.97 Å². The average Bonchev–Trinajstić information content (AvgIpc) is 2.81. The van der Waals surface area contributed by atoms with Gasteiger partial charge in [0.1, 0.15) is 6.04 Å². The molecular weight excluding hydrogens is 166 g/mol. The van der Waals surface area contributed by atoms with Gasteiger partial charge in [-0.2, -0.15) is 0 Å². The number of aliphatic carboxylic acids is 1. The standard InChI is InChI=1S/C10H17NO2/c11-9(10(12)13)4-6-1-2-7-5-8(7)3-6/h6-9H,1-5,11H2,(H,12,13). The fourth-order valence-electron chi connectivity index (χ4n) is 2.62. The Morgan fingerprint density at radius 2 is 2.15 bits per heavy atom. The Morgan fingerprint density at radius 3 is 2.77 bits per heavy atom. The third-order valence-corrected chi connectivity index (χ3v) is 3.56. The molecule has 0 heterocycles. The summed E-state index contributed by atoms with van der Waals surface area (Å²) in [6, 6.07) is -0.639. The maximum Gasteiger partial charge on any atom is 0.320 e. The third kappa shape index (κ3) is 2.02. The van der Waals surface area contributed by atoms with E-state index in [9.17, 15) is 4.79 Å². The molecule has 3 heteroatoms. The van der Waals surface area contributed by atoms with Crippen LogP contribution in [-0.4, -0.2) is 17.1 Å². The SMILES string of the molecule is NC(CC1CCC2CC2C1)C(=O)O. The van der Waals surface area contributed by atoms with E-state index in [1.165, 1.54) is 25.7 Å². The summed E-state index contributed by atoms with van der Waals surface area (Å²) in [6.45, 7) is 0. The molecule has 4 atom stereocenters. The lowest BCUT2D eigenvalue weighted by atomic mass is 9.85. The lowest BCUT2D eigenvalue weighted by molar-refractivity contribution is -0.139. The van der Waals surface area contributed by atoms with Crippen molar-refractivity contribution < 1.29 is 9.90 Å². The number of fused-ring (bicyclic) bond motifs is 1. The maximum atomic E-state index is 10.5. The van der Waals surface area contributed by atoms with Crippen LogP contribution in [0.1, 0.15) is 32.1 Å². The number of rotatable bonds is 3. The molecule has 0 amide bonds. The van der Waals surface area contributed by atoms with Crippen LogP contribution in [-0.2, 0) is 4.79 Å². The van der Waals surface area contributed by atoms with Crippen LogP contribution >= 0.6 is 0 Å². The summed E-state index contributed by atoms with van der Waals surface area (Å²) in [7, 11) is 0. The summed E-state index contributed by atoms with van der Waals surface area (Å²) in [5.74, 6) is 1.63. The van der Waals surface area contributed by atoms with Crippen molar-refractivity contribution >= 4 is 5.97 Å². The summed E-state index contributed by atoms with van der Waals surface area (Å²) in [4.78, 5) is 10.5. The topological polar surface area (TPSA) is 63.3 Å². The van der Waals surface area contributed by atoms with Crippen LogP contribution < -0.4 is 5.73 Å². The number of hydrogen-bond donors (Lipinski definition) is 2. The van der Waals surface area contributed by atoms with Gasteiger partial charge in [0.25, 0.3) is 0 Å². The van der Waals surface area contributed by atoms with Crippen LogP contribution in [0.2, 0.25) is 0 Å². The van der Waals surface area contributed by atoms with Crippen molar-refractivity contribution in [2.45, 2.75) is 38.1 Å². The Hall–Kier alpha value is -0.570. The third-order valence-electron chi connectivity index (χ3n) is 3.56. The van der Waals surface area contributed by atoms with Crippen molar-refractivity contribution in [2.75, 3.05) is 0 Å². The molecule has 2 aliphatic rings. The van der Waals surface area contributed by atoms with Gasteiger partial charge in [-0.15, -0.1) is 0 Å². The molecule has 0 aliphatic heterocycles. The van der Waals surface area contributed by atoms with Gasteiger partial charge in [-0.25, -0.2) is 0 Å². The molecule has 0 spiro atoms. The predicted molar refractivity (Wildman–Crippen MR) is 49.2 cm³/mol. The lowest BCUT2D eigenvalue weighted by Gasteiger charge is -2.22. The monoisotopic (exact) mass is 183 g/mol. The van der Waals surface area contributed by atoms with E-state index in [4.69, 9.17) is 10.8 Å². The second-order valence-electron chi connectivity index (χ2n) is 4.62. The zero-order chi connectivity index (χ0) is 9.42. The highest BCUT2D eigenvalue weighted by atomic mass is 16.4. The van der Waals surface area contributed by atoms with E-state index in [-0.39, 0.29) is 0 Å². The van der Waals surface area contributed by atoms with E-state index in [1.807, 2.05) is 0 Å². The van der Waals surface area contributed by atoms with Crippen LogP contribution in [0.15, 0.2) is 0 Å². The summed E-state index contributed by atoms with van der Waals surface area (Å²) < 4.78 is 0. The van der Waals surface area contributed by atoms with E-state index < -0.39 is 12.0 Å². The molecule has 4 unspecified atom stereocenters. The van der Waals surface area contributed by atoms with Crippen molar-refractivity contribution in [2.24, 2.45) is 23.5 Å². The Morgan fingerprint density at radius 1 is 1.38 bits per heavy atom. The van der Waals surface area contributed by atoms with Crippen LogP contribution in [0.4, 0.5) is 0 Å². The largest absolute Gasteiger partial charge is 0.480 e. The first-order valence-corrected chi connectivity index (χ1v) is 5.15. The smallest absolute Gasteiger partial charge is 0.320 e. The zero-order valence-electron chi connectivity index (χ0n) is 7.78. The van der Waals surface area contributed by atoms with Gasteiger partial charge < -0.3 is 10.8 Å². The quantitative estimate of drug-likeness (QED) is 0.691. The first-order valence-electron chi connectivity index (χ1n) is 5.15. The molecule has 0 aromatic rings. The van der Waals surface area contributed by atoms with Gasteiger partial charge in [0.2, 0.25) is 0 Å². The molecule has 74 valence electrons. The molecular formula is C10H17NO2. The van der Waals surface area contributed by atoms with Crippen LogP contribution in [0.25, 0.3) is 0 Å². The fraction of sp³-hybridized carbons (Fsp3) is 0.900. The van der Waals surface area contributed by atoms with E-state index in [0.29, 0.717) is 12.3 Å². The summed E-state index contributed by atoms with van der Waals surface area (Å²) in [6.07, 6.45) is 5.80. The zero-order valence-corrected chi connectivity index (χ0v) is 7.78. The van der Waals surface area contributed by atoms with Gasteiger partial charge in [0.15, 0.2) is 0 Å². The van der Waals surface area contributed by atoms with E-state index >= 15 is 0 Å². The maximum absolute atomic E-state index is 10.5. The molecule has 2 fully saturated rings. The molecule has 2 rings (SSSR count). The summed E-state index contributed by atoms with van der Waals surface area (Å²) in [5, 5.41) is 8.66. The summed E-state index contributed by atoms with van der Waals surface area (Å²) in [5.41, 5.74) is 5.51. The highest BCUT2D eigenvalue weighted by molar-refractivity contribution is 5.73. The van der Waals surface area contributed by atoms with Gasteiger partial charge in [-0.3, -0.25) is 4.79 Å². The molecule has 3 N–H and O–H groups in total. The van der Waals surface area contributed by atoms with E-state index in [2.05, 4.69) is 0 Å². The van der Waals surface area contributed by atoms with Crippen LogP contribution in [0.3, 0.4) is 0 Å². The minimum Gasteiger partial charge on any atom is -0.480 e. The van der Waals surface area contributed by atoms with E-state index in [1.54, 1.807) is 0 Å². The first kappa shape index (κ1) is 9.00. The molecule has 0 aromatic heterocycles. The number of carboxylic acid groups (broad SMARTS) is 1. The van der Waals surface area contributed by atoms with Crippen molar-refractivity contribution in [1.29, 1.82) is 0 Å². The van der Waals surface area contributed by atoms with Crippen LogP contribution in [0, 0.1) is 17.8 Å². The first-order chi connectivity index (χ1) is 6.16. The molecule has 0 saturated heterocycles. The van der Waals surface area contributed by atoms with E-state index in [0.717, 1.165) is 11.8 Å². The minimum atomic E-state index is -0.849. The van der Waals surface area contributed by atoms with Crippen molar-refractivity contribution in [3.8, 4) is 0 Å². The van der Waals surface area contributed by atoms with Crippen LogP contribution in [0.5, 0.6) is 0 Å². The normalized spacial score (nSPS) is 39.3. The Balaban J connectivity index is 1.77. The fourth-order valence-corrected chi connectivity index (χ4v) is 2.62. The van der Waals surface area contributed by atoms with Crippen molar-refractivity contribution in [3.63, 3.8) is 0 Å². The van der Waals surface area contributed by atoms with Gasteiger partial charge in [0, 0.05) is 0 Å². The number of hydrogen-bond acceptors (Lipinski definition) is 2. The van der Waals surface area contributed by atoms with Gasteiger partial charge in [0.05, 0.1) is 0 Å². The second kappa shape index (κ2) is 3.29.